The lowest BCUT2D eigenvalue weighted by Crippen LogP contribution is -2.38. The number of hydrogen-bond donors (Lipinski definition) is 0. The molecule has 0 radical (unpaired) electrons. The third-order valence-electron chi connectivity index (χ3n) is 7.31. The summed E-state index contributed by atoms with van der Waals surface area (Å²) in [5.74, 6) is 0.801. The molecule has 200 valence electrons. The van der Waals surface area contributed by atoms with Gasteiger partial charge in [-0.15, -0.1) is 11.3 Å². The number of piperidine rings is 1. The van der Waals surface area contributed by atoms with Crippen molar-refractivity contribution in [2.45, 2.75) is 24.8 Å². The molecule has 1 aliphatic heterocycles. The number of nitrogens with zero attached hydrogens (tertiary/aromatic N) is 4. The van der Waals surface area contributed by atoms with Crippen LogP contribution < -0.4 is 0 Å². The molecule has 1 fully saturated rings. The summed E-state index contributed by atoms with van der Waals surface area (Å²) in [7, 11) is -3.23. The van der Waals surface area contributed by atoms with Crippen LogP contribution in [0.1, 0.15) is 40.9 Å². The van der Waals surface area contributed by atoms with Gasteiger partial charge in [0.05, 0.1) is 23.2 Å². The molecule has 2 aromatic heterocycles. The van der Waals surface area contributed by atoms with Crippen LogP contribution in [0.2, 0.25) is 10.0 Å². The third kappa shape index (κ3) is 5.36. The summed E-state index contributed by atoms with van der Waals surface area (Å²) in [5, 5.41) is 4.36. The van der Waals surface area contributed by atoms with E-state index in [0.717, 1.165) is 38.6 Å². The van der Waals surface area contributed by atoms with Gasteiger partial charge < -0.3 is 4.57 Å². The Balaban J connectivity index is 1.50. The normalized spacial score (nSPS) is 16.1. The summed E-state index contributed by atoms with van der Waals surface area (Å²) in [6, 6.07) is 22.1. The summed E-state index contributed by atoms with van der Waals surface area (Å²) >= 11 is 14.0. The standard InChI is InChI=1S/C29H26Cl2N4O2S2/c1-39(36,37)34-15-12-24(13-16-34)35-26-18-21(6-11-25(26)33-28(35)20-4-9-23(31)10-5-20)27(29-32-14-17-38-29)19-2-7-22(30)8-3-19/h2-11,14,17-18,24,27H,12-13,15-16H2,1H3. The molecule has 6 nitrogen and oxygen atoms in total. The van der Waals surface area contributed by atoms with Gasteiger partial charge in [-0.05, 0) is 72.5 Å². The molecule has 3 aromatic carbocycles. The van der Waals surface area contributed by atoms with Crippen molar-refractivity contribution in [2.24, 2.45) is 0 Å². The lowest BCUT2D eigenvalue weighted by Gasteiger charge is -2.32. The van der Waals surface area contributed by atoms with E-state index in [0.29, 0.717) is 36.0 Å². The first-order valence-electron chi connectivity index (χ1n) is 12.7. The average molecular weight is 598 g/mol. The van der Waals surface area contributed by atoms with Gasteiger partial charge in [0.25, 0.3) is 0 Å². The van der Waals surface area contributed by atoms with Crippen molar-refractivity contribution >= 4 is 55.6 Å². The van der Waals surface area contributed by atoms with Crippen LogP contribution >= 0.6 is 34.5 Å². The molecule has 6 rings (SSSR count). The highest BCUT2D eigenvalue weighted by molar-refractivity contribution is 7.88. The minimum absolute atomic E-state index is 0.0546. The van der Waals surface area contributed by atoms with Crippen LogP contribution in [0.5, 0.6) is 0 Å². The number of imidazole rings is 1. The second-order valence-electron chi connectivity index (χ2n) is 9.81. The van der Waals surface area contributed by atoms with Gasteiger partial charge in [0.15, 0.2) is 0 Å². The lowest BCUT2D eigenvalue weighted by atomic mass is 9.91. The molecule has 1 unspecified atom stereocenters. The van der Waals surface area contributed by atoms with Gasteiger partial charge >= 0.3 is 0 Å². The number of aromatic nitrogens is 3. The Hall–Kier alpha value is -2.75. The Morgan fingerprint density at radius 1 is 0.923 bits per heavy atom. The van der Waals surface area contributed by atoms with Crippen LogP contribution in [0.4, 0.5) is 0 Å². The third-order valence-corrected chi connectivity index (χ3v) is 9.96. The fraction of sp³-hybridized carbons (Fsp3) is 0.241. The van der Waals surface area contributed by atoms with Crippen molar-refractivity contribution in [1.29, 1.82) is 0 Å². The lowest BCUT2D eigenvalue weighted by molar-refractivity contribution is 0.280. The maximum atomic E-state index is 12.2. The minimum Gasteiger partial charge on any atom is -0.321 e. The van der Waals surface area contributed by atoms with Crippen LogP contribution in [-0.4, -0.2) is 46.6 Å². The second kappa shape index (κ2) is 10.7. The van der Waals surface area contributed by atoms with E-state index >= 15 is 0 Å². The summed E-state index contributed by atoms with van der Waals surface area (Å²) < 4.78 is 28.2. The Labute approximate surface area is 241 Å². The molecule has 5 aromatic rings. The first-order chi connectivity index (χ1) is 18.8. The fourth-order valence-corrected chi connectivity index (χ4v) is 7.32. The van der Waals surface area contributed by atoms with E-state index in [4.69, 9.17) is 28.2 Å². The number of rotatable bonds is 6. The Morgan fingerprint density at radius 2 is 1.56 bits per heavy atom. The van der Waals surface area contributed by atoms with Crippen molar-refractivity contribution in [3.05, 3.63) is 104 Å². The first-order valence-corrected chi connectivity index (χ1v) is 16.1. The Kier molecular flexibility index (Phi) is 7.24. The number of benzene rings is 3. The van der Waals surface area contributed by atoms with Gasteiger partial charge in [-0.2, -0.15) is 0 Å². The van der Waals surface area contributed by atoms with Crippen LogP contribution in [-0.2, 0) is 10.0 Å². The maximum absolute atomic E-state index is 12.2. The zero-order chi connectivity index (χ0) is 27.1. The van der Waals surface area contributed by atoms with Crippen molar-refractivity contribution in [3.63, 3.8) is 0 Å². The summed E-state index contributed by atoms with van der Waals surface area (Å²) in [4.78, 5) is 9.73. The fourth-order valence-electron chi connectivity index (χ4n) is 5.40. The van der Waals surface area contributed by atoms with E-state index in [-0.39, 0.29) is 12.0 Å². The van der Waals surface area contributed by atoms with Gasteiger partial charge in [0, 0.05) is 46.3 Å². The summed E-state index contributed by atoms with van der Waals surface area (Å²) in [6.07, 6.45) is 4.52. The van der Waals surface area contributed by atoms with Crippen molar-refractivity contribution in [3.8, 4) is 11.4 Å². The Morgan fingerprint density at radius 3 is 2.18 bits per heavy atom. The van der Waals surface area contributed by atoms with Crippen LogP contribution in [0, 0.1) is 0 Å². The average Bonchev–Trinajstić information content (AvgIpc) is 3.58. The molecule has 1 aliphatic rings. The van der Waals surface area contributed by atoms with Gasteiger partial charge in [0.1, 0.15) is 10.8 Å². The van der Waals surface area contributed by atoms with Crippen molar-refractivity contribution < 1.29 is 8.42 Å². The Bertz CT molecular complexity index is 1710. The quantitative estimate of drug-likeness (QED) is 0.207. The van der Waals surface area contributed by atoms with Crippen LogP contribution in [0.15, 0.2) is 78.3 Å². The van der Waals surface area contributed by atoms with Gasteiger partial charge in [-0.25, -0.2) is 22.7 Å². The molecule has 1 saturated heterocycles. The van der Waals surface area contributed by atoms with Gasteiger partial charge in [0.2, 0.25) is 10.0 Å². The molecule has 3 heterocycles. The summed E-state index contributed by atoms with van der Waals surface area (Å²) in [5.41, 5.74) is 5.10. The van der Waals surface area contributed by atoms with Gasteiger partial charge in [-0.3, -0.25) is 0 Å². The monoisotopic (exact) mass is 596 g/mol. The second-order valence-corrected chi connectivity index (χ2v) is 13.6. The van der Waals surface area contributed by atoms with Gasteiger partial charge in [-0.1, -0.05) is 41.4 Å². The highest BCUT2D eigenvalue weighted by atomic mass is 35.5. The number of fused-ring (bicyclic) bond motifs is 1. The molecule has 0 N–H and O–H groups in total. The number of halogens is 2. The molecule has 0 aliphatic carbocycles. The molecule has 0 spiro atoms. The van der Waals surface area contributed by atoms with Crippen molar-refractivity contribution in [1.82, 2.24) is 18.8 Å². The number of sulfonamides is 1. The highest BCUT2D eigenvalue weighted by Gasteiger charge is 2.29. The zero-order valence-corrected chi connectivity index (χ0v) is 24.3. The van der Waals surface area contributed by atoms with E-state index in [1.807, 2.05) is 48.0 Å². The summed E-state index contributed by atoms with van der Waals surface area (Å²) in [6.45, 7) is 0.963. The van der Waals surface area contributed by atoms with Crippen LogP contribution in [0.3, 0.4) is 0 Å². The molecular weight excluding hydrogens is 571 g/mol. The predicted molar refractivity (Wildman–Crippen MR) is 159 cm³/mol. The smallest absolute Gasteiger partial charge is 0.211 e. The molecule has 39 heavy (non-hydrogen) atoms. The highest BCUT2D eigenvalue weighted by Crippen LogP contribution is 2.38. The SMILES string of the molecule is CS(=O)(=O)N1CCC(n2c(-c3ccc(Cl)cc3)nc3ccc(C(c4ccc(Cl)cc4)c4nccs4)cc32)CC1. The van der Waals surface area contributed by atoms with Crippen LogP contribution in [0.25, 0.3) is 22.4 Å². The van der Waals surface area contributed by atoms with E-state index in [1.54, 1.807) is 15.6 Å². The molecule has 0 bridgehead atoms. The van der Waals surface area contributed by atoms with Crippen molar-refractivity contribution in [2.75, 3.05) is 19.3 Å². The number of thiazole rings is 1. The molecule has 10 heteroatoms. The molecule has 0 saturated carbocycles. The largest absolute Gasteiger partial charge is 0.321 e. The first kappa shape index (κ1) is 26.5. The zero-order valence-electron chi connectivity index (χ0n) is 21.2. The molecular formula is C29H26Cl2N4O2S2. The minimum atomic E-state index is -3.23. The molecule has 0 amide bonds. The van der Waals surface area contributed by atoms with E-state index in [1.165, 1.54) is 6.26 Å². The van der Waals surface area contributed by atoms with E-state index in [2.05, 4.69) is 39.9 Å². The van der Waals surface area contributed by atoms with E-state index in [9.17, 15) is 8.42 Å². The predicted octanol–water partition coefficient (Wildman–Crippen LogP) is 7.24. The number of hydrogen-bond acceptors (Lipinski definition) is 5. The topological polar surface area (TPSA) is 68.1 Å². The maximum Gasteiger partial charge on any atom is 0.211 e. The molecule has 1 atom stereocenters. The van der Waals surface area contributed by atoms with E-state index < -0.39 is 10.0 Å².